The number of benzene rings is 4. The monoisotopic (exact) mass is 574 g/mol. The van der Waals surface area contributed by atoms with Crippen LogP contribution >= 0.6 is 22.6 Å². The number of amides is 1. The molecule has 172 valence electrons. The zero-order chi connectivity index (χ0) is 24.1. The summed E-state index contributed by atoms with van der Waals surface area (Å²) in [6.45, 7) is 0.415. The molecule has 34 heavy (non-hydrogen) atoms. The van der Waals surface area contributed by atoms with E-state index in [-0.39, 0.29) is 5.56 Å². The van der Waals surface area contributed by atoms with Crippen molar-refractivity contribution < 1.29 is 22.7 Å². The molecule has 0 saturated carbocycles. The topological polar surface area (TPSA) is 50.7 Å². The van der Waals surface area contributed by atoms with Gasteiger partial charge in [0.25, 0.3) is 5.91 Å². The molecule has 0 heterocycles. The van der Waals surface area contributed by atoms with E-state index in [1.807, 2.05) is 36.4 Å². The van der Waals surface area contributed by atoms with Gasteiger partial charge in [-0.1, -0.05) is 48.5 Å². The summed E-state index contributed by atoms with van der Waals surface area (Å²) in [7, 11) is 0. The van der Waals surface area contributed by atoms with E-state index < -0.39 is 17.6 Å². The number of carbonyl (C=O) groups excluding carboxylic acids is 1. The third-order valence-electron chi connectivity index (χ3n) is 5.05. The molecule has 4 rings (SSSR count). The second-order valence-corrected chi connectivity index (χ2v) is 8.56. The van der Waals surface area contributed by atoms with Crippen molar-refractivity contribution in [3.63, 3.8) is 0 Å². The first-order valence-electron chi connectivity index (χ1n) is 10.2. The average Bonchev–Trinajstić information content (AvgIpc) is 2.83. The predicted molar refractivity (Wildman–Crippen MR) is 134 cm³/mol. The van der Waals surface area contributed by atoms with Gasteiger partial charge in [-0.25, -0.2) is 5.43 Å². The van der Waals surface area contributed by atoms with Crippen molar-refractivity contribution >= 4 is 45.5 Å². The molecule has 0 aromatic heterocycles. The van der Waals surface area contributed by atoms with Crippen molar-refractivity contribution in [2.24, 2.45) is 5.10 Å². The van der Waals surface area contributed by atoms with Crippen LogP contribution < -0.4 is 10.2 Å². The fourth-order valence-electron chi connectivity index (χ4n) is 3.36. The molecule has 4 aromatic rings. The summed E-state index contributed by atoms with van der Waals surface area (Å²) in [5, 5.41) is 6.15. The lowest BCUT2D eigenvalue weighted by Gasteiger charge is -2.11. The Bertz CT molecular complexity index is 1360. The van der Waals surface area contributed by atoms with Gasteiger partial charge in [0.2, 0.25) is 0 Å². The number of nitrogens with one attached hydrogen (secondary N) is 1. The molecule has 0 spiro atoms. The lowest BCUT2D eigenvalue weighted by molar-refractivity contribution is -0.137. The SMILES string of the molecule is O=C(N/N=C\c1ccc(OCc2cccc3ccccc23)c(I)c1)c1cccc(C(F)(F)F)c1. The number of halogens is 4. The third-order valence-corrected chi connectivity index (χ3v) is 5.89. The Labute approximate surface area is 207 Å². The van der Waals surface area contributed by atoms with E-state index in [1.165, 1.54) is 18.3 Å². The number of ether oxygens (including phenoxy) is 1. The molecule has 0 atom stereocenters. The van der Waals surface area contributed by atoms with Crippen molar-refractivity contribution in [1.82, 2.24) is 5.43 Å². The molecule has 0 aliphatic rings. The minimum absolute atomic E-state index is 0.126. The van der Waals surface area contributed by atoms with Crippen LogP contribution in [-0.2, 0) is 12.8 Å². The first-order chi connectivity index (χ1) is 16.3. The summed E-state index contributed by atoms with van der Waals surface area (Å²) in [6.07, 6.45) is -3.10. The highest BCUT2D eigenvalue weighted by atomic mass is 127. The maximum Gasteiger partial charge on any atom is 0.416 e. The Morgan fingerprint density at radius 3 is 2.53 bits per heavy atom. The molecule has 0 bridgehead atoms. The maximum absolute atomic E-state index is 12.8. The largest absolute Gasteiger partial charge is 0.488 e. The number of rotatable bonds is 6. The molecule has 1 N–H and O–H groups in total. The first kappa shape index (κ1) is 23.7. The fraction of sp³-hybridized carbons (Fsp3) is 0.0769. The van der Waals surface area contributed by atoms with Crippen LogP contribution in [0.2, 0.25) is 0 Å². The molecule has 1 amide bonds. The molecule has 4 nitrogen and oxygen atoms in total. The first-order valence-corrected chi connectivity index (χ1v) is 11.3. The minimum Gasteiger partial charge on any atom is -0.488 e. The summed E-state index contributed by atoms with van der Waals surface area (Å²) in [5.41, 5.74) is 3.02. The van der Waals surface area contributed by atoms with E-state index in [2.05, 4.69) is 51.3 Å². The number of hydrazone groups is 1. The standard InChI is InChI=1S/C26H18F3IN2O2/c27-26(28,29)21-9-4-7-19(14-21)25(33)32-31-15-17-11-12-24(23(30)13-17)34-16-20-8-3-6-18-5-1-2-10-22(18)20/h1-15H,16H2,(H,32,33)/b31-15-. The number of hydrogen-bond donors (Lipinski definition) is 1. The van der Waals surface area contributed by atoms with Gasteiger partial charge >= 0.3 is 6.18 Å². The van der Waals surface area contributed by atoms with Crippen molar-refractivity contribution in [2.75, 3.05) is 0 Å². The molecule has 8 heteroatoms. The number of carbonyl (C=O) groups is 1. The molecular formula is C26H18F3IN2O2. The van der Waals surface area contributed by atoms with Gasteiger partial charge in [-0.15, -0.1) is 0 Å². The van der Waals surface area contributed by atoms with Gasteiger partial charge in [0.1, 0.15) is 12.4 Å². The van der Waals surface area contributed by atoms with Crippen molar-refractivity contribution in [3.8, 4) is 5.75 Å². The number of nitrogens with zero attached hydrogens (tertiary/aromatic N) is 1. The van der Waals surface area contributed by atoms with Crippen LogP contribution in [0.5, 0.6) is 5.75 Å². The van der Waals surface area contributed by atoms with E-state index in [1.54, 1.807) is 6.07 Å². The second-order valence-electron chi connectivity index (χ2n) is 7.39. The van der Waals surface area contributed by atoms with Gasteiger partial charge < -0.3 is 4.74 Å². The predicted octanol–water partition coefficient (Wildman–Crippen LogP) is 6.81. The summed E-state index contributed by atoms with van der Waals surface area (Å²) >= 11 is 2.15. The van der Waals surface area contributed by atoms with Crippen LogP contribution in [0.1, 0.15) is 27.0 Å². The second kappa shape index (κ2) is 10.3. The maximum atomic E-state index is 12.8. The van der Waals surface area contributed by atoms with Gasteiger partial charge in [0.05, 0.1) is 15.3 Å². The van der Waals surface area contributed by atoms with Gasteiger partial charge in [-0.3, -0.25) is 4.79 Å². The summed E-state index contributed by atoms with van der Waals surface area (Å²) < 4.78 is 45.3. The number of fused-ring (bicyclic) bond motifs is 1. The fourth-order valence-corrected chi connectivity index (χ4v) is 4.05. The molecule has 0 radical (unpaired) electrons. The molecule has 0 unspecified atom stereocenters. The Balaban J connectivity index is 1.39. The van der Waals surface area contributed by atoms with E-state index >= 15 is 0 Å². The highest BCUT2D eigenvalue weighted by molar-refractivity contribution is 14.1. The van der Waals surface area contributed by atoms with E-state index in [4.69, 9.17) is 4.74 Å². The zero-order valence-electron chi connectivity index (χ0n) is 17.6. The van der Waals surface area contributed by atoms with E-state index in [9.17, 15) is 18.0 Å². The number of hydrogen-bond acceptors (Lipinski definition) is 3. The highest BCUT2D eigenvalue weighted by Gasteiger charge is 2.30. The van der Waals surface area contributed by atoms with Gasteiger partial charge in [-0.2, -0.15) is 18.3 Å². The highest BCUT2D eigenvalue weighted by Crippen LogP contribution is 2.29. The van der Waals surface area contributed by atoms with E-state index in [0.717, 1.165) is 32.0 Å². The summed E-state index contributed by atoms with van der Waals surface area (Å²) in [5.74, 6) is -0.0224. The Hall–Kier alpha value is -3.40. The van der Waals surface area contributed by atoms with Crippen molar-refractivity contribution in [3.05, 3.63) is 111 Å². The third kappa shape index (κ3) is 5.74. The molecule has 0 aliphatic heterocycles. The zero-order valence-corrected chi connectivity index (χ0v) is 19.8. The number of alkyl halides is 3. The van der Waals surface area contributed by atoms with Crippen LogP contribution in [0.25, 0.3) is 10.8 Å². The minimum atomic E-state index is -4.52. The van der Waals surface area contributed by atoms with Gasteiger partial charge in [0, 0.05) is 5.56 Å². The van der Waals surface area contributed by atoms with Crippen molar-refractivity contribution in [2.45, 2.75) is 12.8 Å². The summed E-state index contributed by atoms with van der Waals surface area (Å²) in [6, 6.07) is 23.8. The Morgan fingerprint density at radius 1 is 0.971 bits per heavy atom. The molecule has 0 saturated heterocycles. The quantitative estimate of drug-likeness (QED) is 0.156. The van der Waals surface area contributed by atoms with Gasteiger partial charge in [-0.05, 0) is 80.9 Å². The Kier molecular flexibility index (Phi) is 7.16. The van der Waals surface area contributed by atoms with E-state index in [0.29, 0.717) is 17.9 Å². The van der Waals surface area contributed by atoms with Crippen molar-refractivity contribution in [1.29, 1.82) is 0 Å². The molecule has 0 fully saturated rings. The van der Waals surface area contributed by atoms with Crippen LogP contribution in [-0.4, -0.2) is 12.1 Å². The molecule has 0 aliphatic carbocycles. The lowest BCUT2D eigenvalue weighted by atomic mass is 10.1. The van der Waals surface area contributed by atoms with Gasteiger partial charge in [0.15, 0.2) is 0 Å². The normalized spacial score (nSPS) is 11.6. The molecular weight excluding hydrogens is 556 g/mol. The smallest absolute Gasteiger partial charge is 0.416 e. The van der Waals surface area contributed by atoms with Crippen LogP contribution in [0.4, 0.5) is 13.2 Å². The van der Waals surface area contributed by atoms with Crippen LogP contribution in [0, 0.1) is 3.57 Å². The summed E-state index contributed by atoms with van der Waals surface area (Å²) in [4.78, 5) is 12.1. The Morgan fingerprint density at radius 2 is 1.74 bits per heavy atom. The lowest BCUT2D eigenvalue weighted by Crippen LogP contribution is -2.18. The van der Waals surface area contributed by atoms with Crippen LogP contribution in [0.3, 0.4) is 0 Å². The average molecular weight is 574 g/mol. The van der Waals surface area contributed by atoms with Crippen LogP contribution in [0.15, 0.2) is 90.0 Å². The molecule has 4 aromatic carbocycles.